The second-order valence-corrected chi connectivity index (χ2v) is 8.18. The van der Waals surface area contributed by atoms with Crippen LogP contribution in [0.1, 0.15) is 23.5 Å². The molecular formula is C24H29N3O5. The number of hydrogen-bond acceptors (Lipinski definition) is 4. The summed E-state index contributed by atoms with van der Waals surface area (Å²) in [6, 6.07) is 17.7. The predicted octanol–water partition coefficient (Wildman–Crippen LogP) is 3.14. The highest BCUT2D eigenvalue weighted by Crippen LogP contribution is 2.30. The molecular weight excluding hydrogens is 410 g/mol. The van der Waals surface area contributed by atoms with Crippen LogP contribution in [0.4, 0.5) is 9.59 Å². The van der Waals surface area contributed by atoms with Gasteiger partial charge in [-0.25, -0.2) is 9.59 Å². The molecule has 2 aliphatic heterocycles. The topological polar surface area (TPSA) is 91.3 Å². The van der Waals surface area contributed by atoms with Crippen molar-refractivity contribution in [1.29, 1.82) is 0 Å². The van der Waals surface area contributed by atoms with E-state index in [1.54, 1.807) is 0 Å². The van der Waals surface area contributed by atoms with E-state index < -0.39 is 6.09 Å². The Hall–Kier alpha value is -3.26. The van der Waals surface area contributed by atoms with Crippen molar-refractivity contribution in [3.63, 3.8) is 0 Å². The van der Waals surface area contributed by atoms with Crippen molar-refractivity contribution in [2.75, 3.05) is 39.4 Å². The van der Waals surface area contributed by atoms with Gasteiger partial charge in [0.15, 0.2) is 0 Å². The van der Waals surface area contributed by atoms with Crippen molar-refractivity contribution in [1.82, 2.24) is 15.1 Å². The second kappa shape index (κ2) is 10.4. The van der Waals surface area contributed by atoms with Gasteiger partial charge in [-0.15, -0.1) is 0 Å². The number of carbonyl (C=O) groups excluding carboxylic acids is 1. The molecule has 0 radical (unpaired) electrons. The average Bonchev–Trinajstić information content (AvgIpc) is 2.83. The average molecular weight is 440 g/mol. The molecule has 4 rings (SSSR count). The largest absolute Gasteiger partial charge is 0.489 e. The van der Waals surface area contributed by atoms with Gasteiger partial charge in [-0.2, -0.15) is 0 Å². The summed E-state index contributed by atoms with van der Waals surface area (Å²) >= 11 is 0. The number of amides is 3. The lowest BCUT2D eigenvalue weighted by molar-refractivity contribution is 0.0303. The molecule has 0 bridgehead atoms. The second-order valence-electron chi connectivity index (χ2n) is 8.18. The number of likely N-dealkylation sites (tertiary alicyclic amines) is 1. The van der Waals surface area contributed by atoms with Gasteiger partial charge < -0.3 is 29.7 Å². The zero-order valence-corrected chi connectivity index (χ0v) is 18.0. The molecule has 2 atom stereocenters. The van der Waals surface area contributed by atoms with E-state index in [0.29, 0.717) is 45.1 Å². The smallest absolute Gasteiger partial charge is 0.404 e. The van der Waals surface area contributed by atoms with Gasteiger partial charge in [0, 0.05) is 32.1 Å². The number of carboxylic acid groups (broad SMARTS) is 1. The van der Waals surface area contributed by atoms with E-state index in [1.807, 2.05) is 52.3 Å². The Morgan fingerprint density at radius 2 is 1.81 bits per heavy atom. The van der Waals surface area contributed by atoms with E-state index in [2.05, 4.69) is 17.4 Å². The Morgan fingerprint density at radius 3 is 2.56 bits per heavy atom. The van der Waals surface area contributed by atoms with Crippen LogP contribution in [0.25, 0.3) is 0 Å². The summed E-state index contributed by atoms with van der Waals surface area (Å²) in [4.78, 5) is 27.7. The lowest BCUT2D eigenvalue weighted by Gasteiger charge is -2.41. The van der Waals surface area contributed by atoms with Crippen LogP contribution in [0.2, 0.25) is 0 Å². The molecule has 2 aromatic rings. The third-order valence-corrected chi connectivity index (χ3v) is 5.88. The molecule has 32 heavy (non-hydrogen) atoms. The first kappa shape index (κ1) is 22.0. The van der Waals surface area contributed by atoms with Crippen molar-refractivity contribution < 1.29 is 24.2 Å². The molecule has 0 spiro atoms. The van der Waals surface area contributed by atoms with Gasteiger partial charge in [-0.3, -0.25) is 0 Å². The highest BCUT2D eigenvalue weighted by Gasteiger charge is 2.34. The van der Waals surface area contributed by atoms with Crippen LogP contribution in [-0.2, 0) is 11.3 Å². The number of hydrogen-bond donors (Lipinski definition) is 2. The van der Waals surface area contributed by atoms with Crippen LogP contribution in [-0.4, -0.2) is 72.5 Å². The highest BCUT2D eigenvalue weighted by atomic mass is 16.5. The molecule has 2 fully saturated rings. The SMILES string of the molecule is O=C(O)NCc1cccc(OC2CC(c3ccccc3)CN(C(=O)N3CCOCC3)C2)c1. The van der Waals surface area contributed by atoms with E-state index >= 15 is 0 Å². The molecule has 0 saturated carbocycles. The fourth-order valence-electron chi connectivity index (χ4n) is 4.31. The number of carbonyl (C=O) groups is 2. The fraction of sp³-hybridized carbons (Fsp3) is 0.417. The van der Waals surface area contributed by atoms with Crippen LogP contribution >= 0.6 is 0 Å². The van der Waals surface area contributed by atoms with Gasteiger partial charge in [-0.1, -0.05) is 42.5 Å². The van der Waals surface area contributed by atoms with Crippen molar-refractivity contribution in [3.05, 3.63) is 65.7 Å². The highest BCUT2D eigenvalue weighted by molar-refractivity contribution is 5.75. The third-order valence-electron chi connectivity index (χ3n) is 5.88. The number of rotatable bonds is 5. The summed E-state index contributed by atoms with van der Waals surface area (Å²) in [6.45, 7) is 3.73. The quantitative estimate of drug-likeness (QED) is 0.747. The van der Waals surface area contributed by atoms with Crippen LogP contribution in [0, 0.1) is 0 Å². The lowest BCUT2D eigenvalue weighted by atomic mass is 9.89. The van der Waals surface area contributed by atoms with Crippen molar-refractivity contribution >= 4 is 12.1 Å². The maximum Gasteiger partial charge on any atom is 0.404 e. The Kier molecular flexibility index (Phi) is 7.11. The van der Waals surface area contributed by atoms with Gasteiger partial charge in [0.2, 0.25) is 0 Å². The van der Waals surface area contributed by atoms with Crippen LogP contribution in [0.5, 0.6) is 5.75 Å². The summed E-state index contributed by atoms with van der Waals surface area (Å²) in [5, 5.41) is 11.2. The molecule has 2 aromatic carbocycles. The Labute approximate surface area is 187 Å². The minimum atomic E-state index is -1.06. The molecule has 2 N–H and O–H groups in total. The van der Waals surface area contributed by atoms with Crippen LogP contribution in [0.3, 0.4) is 0 Å². The van der Waals surface area contributed by atoms with Crippen molar-refractivity contribution in [3.8, 4) is 5.75 Å². The van der Waals surface area contributed by atoms with Crippen molar-refractivity contribution in [2.45, 2.75) is 25.0 Å². The van der Waals surface area contributed by atoms with E-state index in [0.717, 1.165) is 12.0 Å². The van der Waals surface area contributed by atoms with E-state index in [4.69, 9.17) is 14.6 Å². The first-order chi connectivity index (χ1) is 15.6. The van der Waals surface area contributed by atoms with Gasteiger partial charge in [-0.05, 0) is 29.7 Å². The molecule has 3 amide bonds. The van der Waals surface area contributed by atoms with Crippen molar-refractivity contribution in [2.24, 2.45) is 0 Å². The number of benzene rings is 2. The number of piperidine rings is 1. The normalized spacial score (nSPS) is 21.1. The molecule has 8 heteroatoms. The number of nitrogens with one attached hydrogen (secondary N) is 1. The maximum atomic E-state index is 13.2. The molecule has 2 saturated heterocycles. The lowest BCUT2D eigenvalue weighted by Crippen LogP contribution is -2.54. The summed E-state index contributed by atoms with van der Waals surface area (Å²) < 4.78 is 11.7. The third kappa shape index (κ3) is 5.70. The van der Waals surface area contributed by atoms with E-state index in [9.17, 15) is 9.59 Å². The standard InChI is InChI=1S/C24H29N3O5/c28-23(29)25-15-18-5-4-8-21(13-18)32-22-14-20(19-6-2-1-3-7-19)16-27(17-22)24(30)26-9-11-31-12-10-26/h1-8,13,20,22,25H,9-12,14-17H2,(H,28,29). The van der Waals surface area contributed by atoms with Gasteiger partial charge in [0.1, 0.15) is 11.9 Å². The zero-order valence-electron chi connectivity index (χ0n) is 18.0. The Balaban J connectivity index is 1.49. The number of urea groups is 1. The first-order valence-corrected chi connectivity index (χ1v) is 11.0. The summed E-state index contributed by atoms with van der Waals surface area (Å²) in [5.74, 6) is 0.851. The molecule has 0 aliphatic carbocycles. The number of nitrogens with zero attached hydrogens (tertiary/aromatic N) is 2. The monoisotopic (exact) mass is 439 g/mol. The molecule has 2 aliphatic rings. The van der Waals surface area contributed by atoms with Crippen LogP contribution < -0.4 is 10.1 Å². The van der Waals surface area contributed by atoms with E-state index in [1.165, 1.54) is 5.56 Å². The minimum Gasteiger partial charge on any atom is -0.489 e. The number of morpholine rings is 1. The molecule has 2 heterocycles. The minimum absolute atomic E-state index is 0.0296. The zero-order chi connectivity index (χ0) is 22.3. The van der Waals surface area contributed by atoms with Gasteiger partial charge in [0.05, 0.1) is 19.8 Å². The molecule has 2 unspecified atom stereocenters. The maximum absolute atomic E-state index is 13.2. The Morgan fingerprint density at radius 1 is 1.03 bits per heavy atom. The van der Waals surface area contributed by atoms with E-state index in [-0.39, 0.29) is 24.6 Å². The predicted molar refractivity (Wildman–Crippen MR) is 119 cm³/mol. The molecule has 170 valence electrons. The Bertz CT molecular complexity index is 917. The molecule has 8 nitrogen and oxygen atoms in total. The molecule has 0 aromatic heterocycles. The van der Waals surface area contributed by atoms with Crippen LogP contribution in [0.15, 0.2) is 54.6 Å². The fourth-order valence-corrected chi connectivity index (χ4v) is 4.31. The first-order valence-electron chi connectivity index (χ1n) is 11.0. The summed E-state index contributed by atoms with van der Waals surface area (Å²) in [7, 11) is 0. The summed E-state index contributed by atoms with van der Waals surface area (Å²) in [6.07, 6.45) is -0.428. The van der Waals surface area contributed by atoms with Gasteiger partial charge >= 0.3 is 12.1 Å². The van der Waals surface area contributed by atoms with Gasteiger partial charge in [0.25, 0.3) is 0 Å². The number of ether oxygens (including phenoxy) is 2. The summed E-state index contributed by atoms with van der Waals surface area (Å²) in [5.41, 5.74) is 2.02.